The zero-order valence-corrected chi connectivity index (χ0v) is 17.5. The molecule has 2 rings (SSSR count). The van der Waals surface area contributed by atoms with Gasteiger partial charge in [0, 0.05) is 29.7 Å². The molecule has 0 unspecified atom stereocenters. The first kappa shape index (κ1) is 27.4. The van der Waals surface area contributed by atoms with Gasteiger partial charge in [-0.15, -0.1) is 24.8 Å². The fourth-order valence-corrected chi connectivity index (χ4v) is 2.32. The molecule has 2 aromatic carbocycles. The van der Waals surface area contributed by atoms with Gasteiger partial charge in [0.05, 0.1) is 23.1 Å². The summed E-state index contributed by atoms with van der Waals surface area (Å²) in [6.45, 7) is 0.110. The number of hydrogen-bond acceptors (Lipinski definition) is 8. The van der Waals surface area contributed by atoms with Gasteiger partial charge >= 0.3 is 11.4 Å². The molecular formula is C17H20Cl2N6O6. The van der Waals surface area contributed by atoms with Gasteiger partial charge in [-0.2, -0.15) is 0 Å². The zero-order chi connectivity index (χ0) is 21.6. The second-order valence-corrected chi connectivity index (χ2v) is 5.76. The number of nitro groups is 2. The summed E-state index contributed by atoms with van der Waals surface area (Å²) in [5, 5.41) is 37.0. The third kappa shape index (κ3) is 7.28. The standard InChI is InChI=1S/C17H18N6O6.2ClH/c18-16(19)10-2-4-14(12(8-10)22(24)25)28-6-1-7-29-15-5-3-11(17(20)21)9-13(15)23(26)27;;/h2-5,8-9H,1,6-7H2,(H3,18,19)(H3,20,21);2*1H. The Labute approximate surface area is 188 Å². The Balaban J connectivity index is 0.00000450. The van der Waals surface area contributed by atoms with E-state index in [1.54, 1.807) is 0 Å². The molecule has 0 aliphatic rings. The number of rotatable bonds is 10. The van der Waals surface area contributed by atoms with Crippen LogP contribution in [0.3, 0.4) is 0 Å². The monoisotopic (exact) mass is 474 g/mol. The molecule has 31 heavy (non-hydrogen) atoms. The Morgan fingerprint density at radius 3 is 1.45 bits per heavy atom. The first-order chi connectivity index (χ1) is 13.7. The van der Waals surface area contributed by atoms with Crippen molar-refractivity contribution in [2.24, 2.45) is 11.5 Å². The Morgan fingerprint density at radius 2 is 1.16 bits per heavy atom. The minimum absolute atomic E-state index is 0. The van der Waals surface area contributed by atoms with Crippen molar-refractivity contribution >= 4 is 47.9 Å². The number of benzene rings is 2. The lowest BCUT2D eigenvalue weighted by molar-refractivity contribution is -0.385. The van der Waals surface area contributed by atoms with Gasteiger partial charge in [0.25, 0.3) is 0 Å². The summed E-state index contributed by atoms with van der Waals surface area (Å²) in [5.74, 6) is -0.579. The van der Waals surface area contributed by atoms with Crippen LogP contribution in [0.4, 0.5) is 11.4 Å². The number of nitrogens with zero attached hydrogens (tertiary/aromatic N) is 2. The summed E-state index contributed by atoms with van der Waals surface area (Å²) in [5.41, 5.74) is 10.4. The third-order valence-electron chi connectivity index (χ3n) is 3.74. The molecule has 0 aromatic heterocycles. The van der Waals surface area contributed by atoms with Gasteiger partial charge in [-0.05, 0) is 24.3 Å². The summed E-state index contributed by atoms with van der Waals surface area (Å²) in [6.07, 6.45) is 0.289. The molecule has 0 atom stereocenters. The van der Waals surface area contributed by atoms with Crippen LogP contribution in [-0.2, 0) is 0 Å². The number of nitrogens with two attached hydrogens (primary N) is 2. The van der Waals surface area contributed by atoms with E-state index >= 15 is 0 Å². The van der Waals surface area contributed by atoms with Crippen LogP contribution in [-0.4, -0.2) is 34.7 Å². The molecule has 0 aliphatic heterocycles. The zero-order valence-electron chi connectivity index (χ0n) is 15.9. The molecule has 6 N–H and O–H groups in total. The van der Waals surface area contributed by atoms with E-state index in [-0.39, 0.29) is 90.1 Å². The molecule has 0 radical (unpaired) electrons. The Hall–Kier alpha value is -3.64. The number of nitrogens with one attached hydrogen (secondary N) is 2. The largest absolute Gasteiger partial charge is 0.487 e. The maximum atomic E-state index is 11.1. The van der Waals surface area contributed by atoms with Gasteiger partial charge in [0.1, 0.15) is 11.7 Å². The lowest BCUT2D eigenvalue weighted by atomic mass is 10.1. The van der Waals surface area contributed by atoms with Gasteiger partial charge in [0.2, 0.25) is 0 Å². The van der Waals surface area contributed by atoms with Gasteiger partial charge in [-0.25, -0.2) is 0 Å². The van der Waals surface area contributed by atoms with Crippen molar-refractivity contribution < 1.29 is 19.3 Å². The van der Waals surface area contributed by atoms with Crippen LogP contribution in [0.25, 0.3) is 0 Å². The summed E-state index contributed by atoms with van der Waals surface area (Å²) >= 11 is 0. The van der Waals surface area contributed by atoms with Crippen LogP contribution in [0.2, 0.25) is 0 Å². The number of amidine groups is 2. The number of nitro benzene ring substituents is 2. The van der Waals surface area contributed by atoms with E-state index in [1.165, 1.54) is 24.3 Å². The van der Waals surface area contributed by atoms with E-state index in [2.05, 4.69) is 0 Å². The van der Waals surface area contributed by atoms with Crippen molar-refractivity contribution in [3.05, 3.63) is 67.8 Å². The average molecular weight is 475 g/mol. The number of hydrogen-bond donors (Lipinski definition) is 4. The highest BCUT2D eigenvalue weighted by Gasteiger charge is 2.18. The van der Waals surface area contributed by atoms with Gasteiger partial charge in [-0.3, -0.25) is 31.0 Å². The summed E-state index contributed by atoms with van der Waals surface area (Å²) in [6, 6.07) is 7.85. The molecular weight excluding hydrogens is 455 g/mol. The van der Waals surface area contributed by atoms with E-state index < -0.39 is 9.85 Å². The van der Waals surface area contributed by atoms with Crippen molar-refractivity contribution in [3.8, 4) is 11.5 Å². The quantitative estimate of drug-likeness (QED) is 0.132. The molecule has 0 amide bonds. The van der Waals surface area contributed by atoms with Crippen molar-refractivity contribution in [1.82, 2.24) is 0 Å². The fraction of sp³-hybridized carbons (Fsp3) is 0.176. The minimum Gasteiger partial charge on any atom is -0.487 e. The molecule has 2 aromatic rings. The summed E-state index contributed by atoms with van der Waals surface area (Å²) in [7, 11) is 0. The molecule has 0 fully saturated rings. The van der Waals surface area contributed by atoms with Gasteiger partial charge < -0.3 is 20.9 Å². The van der Waals surface area contributed by atoms with Crippen LogP contribution < -0.4 is 20.9 Å². The smallest absolute Gasteiger partial charge is 0.311 e. The van der Waals surface area contributed by atoms with Gasteiger partial charge in [0.15, 0.2) is 11.5 Å². The van der Waals surface area contributed by atoms with E-state index in [0.29, 0.717) is 0 Å². The highest BCUT2D eigenvalue weighted by Crippen LogP contribution is 2.29. The van der Waals surface area contributed by atoms with Crippen LogP contribution in [0, 0.1) is 31.0 Å². The average Bonchev–Trinajstić information content (AvgIpc) is 2.67. The molecule has 0 saturated carbocycles. The predicted octanol–water partition coefficient (Wildman–Crippen LogP) is 2.76. The third-order valence-corrected chi connectivity index (χ3v) is 3.74. The van der Waals surface area contributed by atoms with Crippen molar-refractivity contribution in [3.63, 3.8) is 0 Å². The summed E-state index contributed by atoms with van der Waals surface area (Å²) in [4.78, 5) is 21.0. The first-order valence-corrected chi connectivity index (χ1v) is 8.22. The molecule has 0 spiro atoms. The molecule has 0 heterocycles. The number of halogens is 2. The van der Waals surface area contributed by atoms with Crippen LogP contribution in [0.1, 0.15) is 17.5 Å². The molecule has 0 aliphatic carbocycles. The summed E-state index contributed by atoms with van der Waals surface area (Å²) < 4.78 is 10.8. The highest BCUT2D eigenvalue weighted by atomic mass is 35.5. The van der Waals surface area contributed by atoms with Crippen molar-refractivity contribution in [2.75, 3.05) is 13.2 Å². The molecule has 0 saturated heterocycles. The molecule has 168 valence electrons. The van der Waals surface area contributed by atoms with Crippen LogP contribution in [0.5, 0.6) is 11.5 Å². The second-order valence-electron chi connectivity index (χ2n) is 5.76. The lowest BCUT2D eigenvalue weighted by Crippen LogP contribution is -2.12. The van der Waals surface area contributed by atoms with E-state index in [4.69, 9.17) is 31.8 Å². The normalized spacial score (nSPS) is 9.55. The minimum atomic E-state index is -0.641. The van der Waals surface area contributed by atoms with Crippen molar-refractivity contribution in [1.29, 1.82) is 10.8 Å². The maximum absolute atomic E-state index is 11.1. The van der Waals surface area contributed by atoms with E-state index in [0.717, 1.165) is 12.1 Å². The molecule has 12 nitrogen and oxygen atoms in total. The van der Waals surface area contributed by atoms with Crippen LogP contribution in [0.15, 0.2) is 36.4 Å². The molecule has 0 bridgehead atoms. The van der Waals surface area contributed by atoms with E-state index in [9.17, 15) is 20.2 Å². The Bertz CT molecular complexity index is 910. The number of ether oxygens (including phenoxy) is 2. The van der Waals surface area contributed by atoms with Crippen LogP contribution >= 0.6 is 24.8 Å². The van der Waals surface area contributed by atoms with Crippen molar-refractivity contribution in [2.45, 2.75) is 6.42 Å². The first-order valence-electron chi connectivity index (χ1n) is 8.22. The van der Waals surface area contributed by atoms with Gasteiger partial charge in [-0.1, -0.05) is 0 Å². The van der Waals surface area contributed by atoms with E-state index in [1.807, 2.05) is 0 Å². The maximum Gasteiger partial charge on any atom is 0.311 e. The topological polar surface area (TPSA) is 204 Å². The molecule has 14 heteroatoms. The lowest BCUT2D eigenvalue weighted by Gasteiger charge is -2.10. The Kier molecular flexibility index (Phi) is 10.7. The second kappa shape index (κ2) is 12.1. The SMILES string of the molecule is Cl.Cl.N=C(N)c1ccc(OCCCOc2ccc(C(=N)N)cc2[N+](=O)[O-])c([N+](=O)[O-])c1. The fourth-order valence-electron chi connectivity index (χ4n) is 2.32. The predicted molar refractivity (Wildman–Crippen MR) is 118 cm³/mol. The number of nitrogen functional groups attached to an aromatic ring is 2. The Morgan fingerprint density at radius 1 is 0.806 bits per heavy atom. The highest BCUT2D eigenvalue weighted by molar-refractivity contribution is 5.96.